The summed E-state index contributed by atoms with van der Waals surface area (Å²) in [5.41, 5.74) is 1.83. The van der Waals surface area contributed by atoms with Crippen molar-refractivity contribution in [3.05, 3.63) is 66.3 Å². The second-order valence-corrected chi connectivity index (χ2v) is 6.73. The van der Waals surface area contributed by atoms with Crippen molar-refractivity contribution in [2.45, 2.75) is 33.4 Å². The van der Waals surface area contributed by atoms with Gasteiger partial charge in [0.2, 0.25) is 0 Å². The fraction of sp³-hybridized carbons (Fsp3) is 0.250. The number of hydrogen-bond donors (Lipinski definition) is 1. The van der Waals surface area contributed by atoms with Gasteiger partial charge in [-0.3, -0.25) is 9.20 Å². The molecule has 0 saturated heterocycles. The molecular formula is C20H21N5O2. The number of carbonyl (C=O) groups excluding carboxylic acids is 1. The summed E-state index contributed by atoms with van der Waals surface area (Å²) in [5.74, 6) is 1.92. The highest BCUT2D eigenvalue weighted by Gasteiger charge is 2.20. The molecule has 1 N–H and O–H groups in total. The molecule has 4 aromatic heterocycles. The van der Waals surface area contributed by atoms with Crippen LogP contribution in [0.1, 0.15) is 41.9 Å². The van der Waals surface area contributed by atoms with Gasteiger partial charge in [0.15, 0.2) is 11.5 Å². The van der Waals surface area contributed by atoms with Crippen LogP contribution < -0.4 is 5.32 Å². The van der Waals surface area contributed by atoms with E-state index < -0.39 is 0 Å². The quantitative estimate of drug-likeness (QED) is 0.588. The molecule has 0 aliphatic heterocycles. The maximum Gasteiger partial charge on any atom is 0.272 e. The Morgan fingerprint density at radius 3 is 2.81 bits per heavy atom. The van der Waals surface area contributed by atoms with Crippen molar-refractivity contribution in [3.63, 3.8) is 0 Å². The van der Waals surface area contributed by atoms with Gasteiger partial charge in [-0.25, -0.2) is 9.97 Å². The maximum absolute atomic E-state index is 12.7. The Hall–Kier alpha value is -3.35. The Bertz CT molecular complexity index is 1100. The fourth-order valence-corrected chi connectivity index (χ4v) is 2.95. The third-order valence-corrected chi connectivity index (χ3v) is 4.41. The fourth-order valence-electron chi connectivity index (χ4n) is 2.95. The summed E-state index contributed by atoms with van der Waals surface area (Å²) in [7, 11) is 0. The third-order valence-electron chi connectivity index (χ3n) is 4.41. The zero-order valence-corrected chi connectivity index (χ0v) is 15.5. The average molecular weight is 363 g/mol. The lowest BCUT2D eigenvalue weighted by Gasteiger charge is -2.03. The lowest BCUT2D eigenvalue weighted by Crippen LogP contribution is -2.23. The summed E-state index contributed by atoms with van der Waals surface area (Å²) in [6.07, 6.45) is 5.61. The number of aromatic nitrogens is 4. The van der Waals surface area contributed by atoms with E-state index in [-0.39, 0.29) is 5.91 Å². The minimum atomic E-state index is -0.248. The number of fused-ring (bicyclic) bond motifs is 1. The number of imidazole rings is 2. The molecule has 0 spiro atoms. The molecular weight excluding hydrogens is 342 g/mol. The van der Waals surface area contributed by atoms with Crippen LogP contribution in [0.15, 0.2) is 53.5 Å². The van der Waals surface area contributed by atoms with Gasteiger partial charge in [0.25, 0.3) is 5.91 Å². The molecule has 0 aliphatic carbocycles. The van der Waals surface area contributed by atoms with E-state index in [2.05, 4.69) is 29.1 Å². The molecule has 27 heavy (non-hydrogen) atoms. The largest absolute Gasteiger partial charge is 0.465 e. The summed E-state index contributed by atoms with van der Waals surface area (Å²) in [5, 5.41) is 2.87. The van der Waals surface area contributed by atoms with E-state index in [9.17, 15) is 4.79 Å². The number of furan rings is 1. The van der Waals surface area contributed by atoms with Gasteiger partial charge in [0, 0.05) is 18.4 Å². The number of nitrogens with one attached hydrogen (secondary N) is 1. The van der Waals surface area contributed by atoms with E-state index in [0.29, 0.717) is 29.9 Å². The first-order valence-corrected chi connectivity index (χ1v) is 8.87. The number of amides is 1. The molecule has 0 fully saturated rings. The first-order chi connectivity index (χ1) is 13.0. The number of pyridine rings is 1. The van der Waals surface area contributed by atoms with Crippen LogP contribution in [0, 0.1) is 6.92 Å². The van der Waals surface area contributed by atoms with Gasteiger partial charge in [-0.15, -0.1) is 0 Å². The molecule has 0 bridgehead atoms. The van der Waals surface area contributed by atoms with Crippen molar-refractivity contribution < 1.29 is 9.21 Å². The zero-order chi connectivity index (χ0) is 19.0. The third kappa shape index (κ3) is 3.23. The van der Waals surface area contributed by atoms with Crippen LogP contribution in [0.3, 0.4) is 0 Å². The summed E-state index contributed by atoms with van der Waals surface area (Å²) in [6.45, 7) is 6.36. The molecule has 0 radical (unpaired) electrons. The van der Waals surface area contributed by atoms with Crippen LogP contribution in [-0.4, -0.2) is 24.8 Å². The molecule has 138 valence electrons. The standard InChI is InChI=1S/C20H21N5O2/c1-13(2)24-11-16(22-12-24)19-23-18(17-6-4-5-9-25(17)19)20(26)21-10-15-8-7-14(3)27-15/h4-9,11-13H,10H2,1-3H3,(H,21,26). The van der Waals surface area contributed by atoms with Crippen LogP contribution >= 0.6 is 0 Å². The topological polar surface area (TPSA) is 77.4 Å². The Morgan fingerprint density at radius 2 is 2.11 bits per heavy atom. The number of hydrogen-bond acceptors (Lipinski definition) is 4. The van der Waals surface area contributed by atoms with E-state index in [1.54, 1.807) is 6.33 Å². The second-order valence-electron chi connectivity index (χ2n) is 6.73. The van der Waals surface area contributed by atoms with Crippen molar-refractivity contribution in [2.75, 3.05) is 0 Å². The van der Waals surface area contributed by atoms with Gasteiger partial charge in [-0.05, 0) is 45.0 Å². The van der Waals surface area contributed by atoms with E-state index in [1.165, 1.54) is 0 Å². The van der Waals surface area contributed by atoms with Crippen molar-refractivity contribution in [1.29, 1.82) is 0 Å². The first-order valence-electron chi connectivity index (χ1n) is 8.87. The molecule has 4 heterocycles. The molecule has 0 saturated carbocycles. The lowest BCUT2D eigenvalue weighted by molar-refractivity contribution is 0.0945. The summed E-state index contributed by atoms with van der Waals surface area (Å²) in [6, 6.07) is 9.70. The van der Waals surface area contributed by atoms with Gasteiger partial charge in [0.1, 0.15) is 17.2 Å². The first kappa shape index (κ1) is 17.1. The van der Waals surface area contributed by atoms with Gasteiger partial charge in [-0.2, -0.15) is 0 Å². The van der Waals surface area contributed by atoms with Crippen LogP contribution in [0.4, 0.5) is 0 Å². The van der Waals surface area contributed by atoms with Crippen molar-refractivity contribution >= 4 is 11.4 Å². The molecule has 0 aliphatic rings. The Labute approximate surface area is 156 Å². The minimum Gasteiger partial charge on any atom is -0.465 e. The monoisotopic (exact) mass is 363 g/mol. The van der Waals surface area contributed by atoms with E-state index >= 15 is 0 Å². The smallest absolute Gasteiger partial charge is 0.272 e. The lowest BCUT2D eigenvalue weighted by atomic mass is 10.3. The van der Waals surface area contributed by atoms with Crippen LogP contribution in [0.2, 0.25) is 0 Å². The van der Waals surface area contributed by atoms with E-state index in [1.807, 2.05) is 58.6 Å². The van der Waals surface area contributed by atoms with Gasteiger partial charge < -0.3 is 14.3 Å². The van der Waals surface area contributed by atoms with E-state index in [4.69, 9.17) is 4.42 Å². The van der Waals surface area contributed by atoms with Crippen LogP contribution in [0.25, 0.3) is 17.0 Å². The number of carbonyl (C=O) groups is 1. The predicted molar refractivity (Wildman–Crippen MR) is 101 cm³/mol. The maximum atomic E-state index is 12.7. The second kappa shape index (κ2) is 6.75. The summed E-state index contributed by atoms with van der Waals surface area (Å²) in [4.78, 5) is 21.8. The zero-order valence-electron chi connectivity index (χ0n) is 15.5. The van der Waals surface area contributed by atoms with E-state index in [0.717, 1.165) is 17.0 Å². The van der Waals surface area contributed by atoms with Crippen molar-refractivity contribution in [3.8, 4) is 11.5 Å². The van der Waals surface area contributed by atoms with Crippen molar-refractivity contribution in [1.82, 2.24) is 24.3 Å². The summed E-state index contributed by atoms with van der Waals surface area (Å²) >= 11 is 0. The molecule has 1 amide bonds. The highest BCUT2D eigenvalue weighted by molar-refractivity contribution is 5.99. The van der Waals surface area contributed by atoms with Gasteiger partial charge >= 0.3 is 0 Å². The molecule has 4 rings (SSSR count). The molecule has 7 heteroatoms. The minimum absolute atomic E-state index is 0.248. The molecule has 0 unspecified atom stereocenters. The molecule has 0 atom stereocenters. The summed E-state index contributed by atoms with van der Waals surface area (Å²) < 4.78 is 9.40. The molecule has 7 nitrogen and oxygen atoms in total. The van der Waals surface area contributed by atoms with Crippen molar-refractivity contribution in [2.24, 2.45) is 0 Å². The molecule has 0 aromatic carbocycles. The number of rotatable bonds is 5. The van der Waals surface area contributed by atoms with Gasteiger partial charge in [-0.1, -0.05) is 6.07 Å². The predicted octanol–water partition coefficient (Wildman–Crippen LogP) is 3.61. The van der Waals surface area contributed by atoms with Gasteiger partial charge in [0.05, 0.1) is 18.4 Å². The highest BCUT2D eigenvalue weighted by Crippen LogP contribution is 2.22. The SMILES string of the molecule is Cc1ccc(CNC(=O)c2nc(-c3cn(C(C)C)cn3)n3ccccc23)o1. The van der Waals surface area contributed by atoms with Crippen LogP contribution in [0.5, 0.6) is 0 Å². The van der Waals surface area contributed by atoms with Crippen LogP contribution in [-0.2, 0) is 6.54 Å². The Kier molecular flexibility index (Phi) is 4.27. The Balaban J connectivity index is 1.67. The number of nitrogens with zero attached hydrogens (tertiary/aromatic N) is 4. The number of aryl methyl sites for hydroxylation is 1. The normalized spacial score (nSPS) is 11.4. The highest BCUT2D eigenvalue weighted by atomic mass is 16.3. The average Bonchev–Trinajstić information content (AvgIpc) is 3.37. The Morgan fingerprint density at radius 1 is 1.26 bits per heavy atom. The molecule has 4 aromatic rings.